The van der Waals surface area contributed by atoms with Crippen molar-refractivity contribution in [1.29, 1.82) is 0 Å². The third-order valence-electron chi connectivity index (χ3n) is 2.61. The summed E-state index contributed by atoms with van der Waals surface area (Å²) in [5.41, 5.74) is 6.20. The van der Waals surface area contributed by atoms with Gasteiger partial charge in [0.1, 0.15) is 5.75 Å². The van der Waals surface area contributed by atoms with Crippen molar-refractivity contribution in [2.75, 3.05) is 23.7 Å². The Labute approximate surface area is 100 Å². The fraction of sp³-hybridized carbons (Fsp3) is 0.417. The van der Waals surface area contributed by atoms with Gasteiger partial charge in [-0.05, 0) is 32.0 Å². The van der Waals surface area contributed by atoms with Gasteiger partial charge in [-0.25, -0.2) is 0 Å². The van der Waals surface area contributed by atoms with Crippen LogP contribution in [0.1, 0.15) is 13.8 Å². The number of ether oxygens (including phenoxy) is 1. The molecule has 5 heteroatoms. The van der Waals surface area contributed by atoms with E-state index >= 15 is 0 Å². The normalized spacial score (nSPS) is 16.8. The van der Waals surface area contributed by atoms with Crippen LogP contribution in [0.2, 0.25) is 0 Å². The Bertz CT molecular complexity index is 443. The number of carbonyl (C=O) groups is 1. The molecular weight excluding hydrogens is 218 g/mol. The van der Waals surface area contributed by atoms with Gasteiger partial charge in [-0.1, -0.05) is 0 Å². The lowest BCUT2D eigenvalue weighted by Gasteiger charge is -2.31. The SMILES string of the molecule is CC1(C)Oc2ccc(NCCN)cc2NC1=O. The summed E-state index contributed by atoms with van der Waals surface area (Å²) in [6.07, 6.45) is 0. The first kappa shape index (κ1) is 11.7. The molecule has 92 valence electrons. The number of nitrogens with two attached hydrogens (primary N) is 1. The number of rotatable bonds is 3. The molecule has 0 unspecified atom stereocenters. The Morgan fingerprint density at radius 3 is 2.94 bits per heavy atom. The summed E-state index contributed by atoms with van der Waals surface area (Å²) in [5, 5.41) is 5.98. The Morgan fingerprint density at radius 2 is 2.24 bits per heavy atom. The summed E-state index contributed by atoms with van der Waals surface area (Å²) >= 11 is 0. The highest BCUT2D eigenvalue weighted by molar-refractivity contribution is 6.00. The first-order chi connectivity index (χ1) is 8.03. The summed E-state index contributed by atoms with van der Waals surface area (Å²) in [7, 11) is 0. The Hall–Kier alpha value is -1.75. The van der Waals surface area contributed by atoms with Gasteiger partial charge in [0.25, 0.3) is 5.91 Å². The number of anilines is 2. The molecule has 1 aliphatic rings. The van der Waals surface area contributed by atoms with Crippen LogP contribution in [-0.2, 0) is 4.79 Å². The van der Waals surface area contributed by atoms with Crippen molar-refractivity contribution in [2.24, 2.45) is 5.73 Å². The van der Waals surface area contributed by atoms with Crippen LogP contribution in [0.5, 0.6) is 5.75 Å². The van der Waals surface area contributed by atoms with E-state index in [4.69, 9.17) is 10.5 Å². The standard InChI is InChI=1S/C12H17N3O2/c1-12(2)11(16)15-9-7-8(14-6-5-13)3-4-10(9)17-12/h3-4,7,14H,5-6,13H2,1-2H3,(H,15,16). The highest BCUT2D eigenvalue weighted by Gasteiger charge is 2.35. The molecule has 2 rings (SSSR count). The second kappa shape index (κ2) is 4.25. The predicted molar refractivity (Wildman–Crippen MR) is 67.3 cm³/mol. The van der Waals surface area contributed by atoms with E-state index in [9.17, 15) is 4.79 Å². The van der Waals surface area contributed by atoms with E-state index in [2.05, 4.69) is 10.6 Å². The molecule has 0 radical (unpaired) electrons. The van der Waals surface area contributed by atoms with Crippen molar-refractivity contribution in [3.63, 3.8) is 0 Å². The van der Waals surface area contributed by atoms with Gasteiger partial charge >= 0.3 is 0 Å². The molecule has 4 N–H and O–H groups in total. The van der Waals surface area contributed by atoms with E-state index < -0.39 is 5.60 Å². The van der Waals surface area contributed by atoms with Gasteiger partial charge in [0.05, 0.1) is 5.69 Å². The zero-order valence-electron chi connectivity index (χ0n) is 10.0. The van der Waals surface area contributed by atoms with Crippen LogP contribution >= 0.6 is 0 Å². The highest BCUT2D eigenvalue weighted by Crippen LogP contribution is 2.35. The minimum atomic E-state index is -0.820. The third kappa shape index (κ3) is 2.34. The average molecular weight is 235 g/mol. The number of carbonyl (C=O) groups excluding carboxylic acids is 1. The van der Waals surface area contributed by atoms with Crippen LogP contribution in [0, 0.1) is 0 Å². The van der Waals surface area contributed by atoms with Gasteiger partial charge in [-0.3, -0.25) is 4.79 Å². The summed E-state index contributed by atoms with van der Waals surface area (Å²) in [6, 6.07) is 5.59. The van der Waals surface area contributed by atoms with Gasteiger partial charge < -0.3 is 21.1 Å². The Kier molecular flexibility index (Phi) is 2.93. The van der Waals surface area contributed by atoms with Gasteiger partial charge in [0.2, 0.25) is 0 Å². The summed E-state index contributed by atoms with van der Waals surface area (Å²) in [6.45, 7) is 4.74. The molecule has 1 amide bonds. The molecule has 5 nitrogen and oxygen atoms in total. The molecule has 0 bridgehead atoms. The second-order valence-electron chi connectivity index (χ2n) is 4.49. The third-order valence-corrected chi connectivity index (χ3v) is 2.61. The first-order valence-electron chi connectivity index (χ1n) is 5.61. The van der Waals surface area contributed by atoms with Crippen molar-refractivity contribution in [2.45, 2.75) is 19.4 Å². The molecule has 1 aromatic rings. The van der Waals surface area contributed by atoms with Crippen LogP contribution in [0.4, 0.5) is 11.4 Å². The van der Waals surface area contributed by atoms with Crippen LogP contribution in [-0.4, -0.2) is 24.6 Å². The van der Waals surface area contributed by atoms with Crippen LogP contribution in [0.3, 0.4) is 0 Å². The average Bonchev–Trinajstić information content (AvgIpc) is 2.27. The molecule has 0 spiro atoms. The molecule has 17 heavy (non-hydrogen) atoms. The van der Waals surface area contributed by atoms with Crippen LogP contribution < -0.4 is 21.1 Å². The summed E-state index contributed by atoms with van der Waals surface area (Å²) in [4.78, 5) is 11.7. The van der Waals surface area contributed by atoms with Gasteiger partial charge in [-0.2, -0.15) is 0 Å². The van der Waals surface area contributed by atoms with Gasteiger partial charge in [0, 0.05) is 18.8 Å². The molecule has 0 saturated carbocycles. The number of nitrogens with one attached hydrogen (secondary N) is 2. The number of amides is 1. The first-order valence-corrected chi connectivity index (χ1v) is 5.61. The van der Waals surface area contributed by atoms with Crippen molar-refractivity contribution in [1.82, 2.24) is 0 Å². The summed E-state index contributed by atoms with van der Waals surface area (Å²) in [5.74, 6) is 0.550. The molecule has 1 aromatic carbocycles. The minimum absolute atomic E-state index is 0.138. The van der Waals surface area contributed by atoms with Crippen LogP contribution in [0.15, 0.2) is 18.2 Å². The van der Waals surface area contributed by atoms with Crippen molar-refractivity contribution in [3.05, 3.63) is 18.2 Å². The molecule has 0 aliphatic carbocycles. The molecule has 0 aromatic heterocycles. The lowest BCUT2D eigenvalue weighted by Crippen LogP contribution is -2.45. The maximum absolute atomic E-state index is 11.7. The molecule has 0 atom stereocenters. The Balaban J connectivity index is 2.23. The predicted octanol–water partition coefficient (Wildman–Crippen LogP) is 1.17. The fourth-order valence-electron chi connectivity index (χ4n) is 1.64. The lowest BCUT2D eigenvalue weighted by atomic mass is 10.1. The molecule has 0 fully saturated rings. The van der Waals surface area contributed by atoms with Crippen molar-refractivity contribution < 1.29 is 9.53 Å². The quantitative estimate of drug-likeness (QED) is 0.735. The van der Waals surface area contributed by atoms with E-state index in [0.717, 1.165) is 5.69 Å². The second-order valence-corrected chi connectivity index (χ2v) is 4.49. The van der Waals surface area contributed by atoms with E-state index in [-0.39, 0.29) is 5.91 Å². The number of fused-ring (bicyclic) bond motifs is 1. The molecule has 0 saturated heterocycles. The van der Waals surface area contributed by atoms with Crippen LogP contribution in [0.25, 0.3) is 0 Å². The molecule has 1 heterocycles. The zero-order chi connectivity index (χ0) is 12.5. The van der Waals surface area contributed by atoms with E-state index in [0.29, 0.717) is 24.5 Å². The lowest BCUT2D eigenvalue weighted by molar-refractivity contribution is -0.129. The number of benzene rings is 1. The highest BCUT2D eigenvalue weighted by atomic mass is 16.5. The molecular formula is C12H17N3O2. The van der Waals surface area contributed by atoms with E-state index in [1.807, 2.05) is 18.2 Å². The smallest absolute Gasteiger partial charge is 0.268 e. The minimum Gasteiger partial charge on any atom is -0.476 e. The maximum atomic E-state index is 11.7. The van der Waals surface area contributed by atoms with Crippen molar-refractivity contribution in [3.8, 4) is 5.75 Å². The topological polar surface area (TPSA) is 76.4 Å². The Morgan fingerprint density at radius 1 is 1.47 bits per heavy atom. The van der Waals surface area contributed by atoms with Crippen molar-refractivity contribution >= 4 is 17.3 Å². The number of hydrogen-bond acceptors (Lipinski definition) is 4. The van der Waals surface area contributed by atoms with E-state index in [1.165, 1.54) is 0 Å². The van der Waals surface area contributed by atoms with Gasteiger partial charge in [0.15, 0.2) is 5.60 Å². The monoisotopic (exact) mass is 235 g/mol. The van der Waals surface area contributed by atoms with E-state index in [1.54, 1.807) is 13.8 Å². The fourth-order valence-corrected chi connectivity index (χ4v) is 1.64. The van der Waals surface area contributed by atoms with Gasteiger partial charge in [-0.15, -0.1) is 0 Å². The zero-order valence-corrected chi connectivity index (χ0v) is 10.0. The molecule has 1 aliphatic heterocycles. The largest absolute Gasteiger partial charge is 0.476 e. The summed E-state index contributed by atoms with van der Waals surface area (Å²) < 4.78 is 5.63. The maximum Gasteiger partial charge on any atom is 0.268 e. The number of hydrogen-bond donors (Lipinski definition) is 3.